The first kappa shape index (κ1) is 22.4. The van der Waals surface area contributed by atoms with E-state index in [-0.39, 0.29) is 0 Å². The van der Waals surface area contributed by atoms with Gasteiger partial charge in [0, 0.05) is 0 Å². The van der Waals surface area contributed by atoms with Gasteiger partial charge in [0.2, 0.25) is 0 Å². The van der Waals surface area contributed by atoms with Crippen molar-refractivity contribution in [2.24, 2.45) is 0 Å². The third-order valence-corrected chi connectivity index (χ3v) is 9.13. The van der Waals surface area contributed by atoms with Gasteiger partial charge in [-0.05, 0) is 0 Å². The molecule has 0 bridgehead atoms. The molecule has 0 nitrogen and oxygen atoms in total. The van der Waals surface area contributed by atoms with Crippen LogP contribution in [0.1, 0.15) is 104 Å². The van der Waals surface area contributed by atoms with E-state index in [4.69, 9.17) is 0 Å². The Morgan fingerprint density at radius 1 is 0.409 bits per heavy atom. The van der Waals surface area contributed by atoms with Crippen LogP contribution in [-0.2, 0) is 0 Å². The molecule has 0 saturated heterocycles. The molecule has 0 saturated carbocycles. The van der Waals surface area contributed by atoms with Crippen molar-refractivity contribution in [3.8, 4) is 0 Å². The SMILES string of the molecule is CCCCCCCCCCP(C)(C)(C)CCCCCCCC. The summed E-state index contributed by atoms with van der Waals surface area (Å²) >= 11 is 0. The van der Waals surface area contributed by atoms with Crippen molar-refractivity contribution in [3.63, 3.8) is 0 Å². The first-order valence-electron chi connectivity index (χ1n) is 10.4. The van der Waals surface area contributed by atoms with Crippen molar-refractivity contribution in [3.05, 3.63) is 0 Å². The maximum atomic E-state index is 2.64. The Morgan fingerprint density at radius 3 is 1.00 bits per heavy atom. The number of unbranched alkanes of at least 4 members (excludes halogenated alkanes) is 12. The fourth-order valence-electron chi connectivity index (χ4n) is 3.42. The summed E-state index contributed by atoms with van der Waals surface area (Å²) < 4.78 is 0. The molecule has 1 heteroatoms. The summed E-state index contributed by atoms with van der Waals surface area (Å²) in [7, 11) is 0. The Balaban J connectivity index is 3.59. The summed E-state index contributed by atoms with van der Waals surface area (Å²) in [5.74, 6) is 0. The first-order valence-corrected chi connectivity index (χ1v) is 14.3. The van der Waals surface area contributed by atoms with Crippen LogP contribution in [0.15, 0.2) is 0 Å². The number of hydrogen-bond acceptors (Lipinski definition) is 0. The summed E-state index contributed by atoms with van der Waals surface area (Å²) in [6.07, 6.45) is 23.4. The van der Waals surface area contributed by atoms with Gasteiger partial charge in [0.25, 0.3) is 0 Å². The van der Waals surface area contributed by atoms with Gasteiger partial charge in [-0.1, -0.05) is 0 Å². The minimum absolute atomic E-state index is 1.32. The topological polar surface area (TPSA) is 0 Å². The van der Waals surface area contributed by atoms with Crippen molar-refractivity contribution in [1.29, 1.82) is 0 Å². The van der Waals surface area contributed by atoms with Crippen LogP contribution >= 0.6 is 6.60 Å². The standard InChI is InChI=1S/C21H47P/c1-6-8-10-12-14-15-17-19-21-22(3,4,5)20-18-16-13-11-9-7-2/h6-21H2,1-5H3. The van der Waals surface area contributed by atoms with Crippen molar-refractivity contribution >= 4 is 6.60 Å². The molecule has 136 valence electrons. The van der Waals surface area contributed by atoms with Gasteiger partial charge in [-0.2, -0.15) is 0 Å². The summed E-state index contributed by atoms with van der Waals surface area (Å²) in [5.41, 5.74) is 0. The van der Waals surface area contributed by atoms with E-state index in [1.54, 1.807) is 0 Å². The van der Waals surface area contributed by atoms with Gasteiger partial charge < -0.3 is 0 Å². The van der Waals surface area contributed by atoms with E-state index in [0.29, 0.717) is 0 Å². The van der Waals surface area contributed by atoms with Crippen LogP contribution in [0.5, 0.6) is 0 Å². The van der Waals surface area contributed by atoms with Crippen LogP contribution < -0.4 is 0 Å². The Labute approximate surface area is 143 Å². The molecular weight excluding hydrogens is 283 g/mol. The summed E-state index contributed by atoms with van der Waals surface area (Å²) in [4.78, 5) is 0. The molecule has 0 spiro atoms. The zero-order chi connectivity index (χ0) is 16.8. The quantitative estimate of drug-likeness (QED) is 0.199. The van der Waals surface area contributed by atoms with E-state index in [1.807, 2.05) is 0 Å². The normalized spacial score (nSPS) is 14.0. The van der Waals surface area contributed by atoms with E-state index in [2.05, 4.69) is 33.8 Å². The molecule has 22 heavy (non-hydrogen) atoms. The van der Waals surface area contributed by atoms with E-state index >= 15 is 0 Å². The van der Waals surface area contributed by atoms with Gasteiger partial charge in [0.1, 0.15) is 0 Å². The van der Waals surface area contributed by atoms with Crippen LogP contribution in [0.2, 0.25) is 0 Å². The predicted octanol–water partition coefficient (Wildman–Crippen LogP) is 7.93. The van der Waals surface area contributed by atoms with Crippen LogP contribution in [0.25, 0.3) is 0 Å². The predicted molar refractivity (Wildman–Crippen MR) is 110 cm³/mol. The van der Waals surface area contributed by atoms with E-state index in [0.717, 1.165) is 0 Å². The van der Waals surface area contributed by atoms with Gasteiger partial charge in [-0.3, -0.25) is 0 Å². The van der Waals surface area contributed by atoms with Gasteiger partial charge in [0.05, 0.1) is 0 Å². The van der Waals surface area contributed by atoms with Gasteiger partial charge in [-0.15, -0.1) is 0 Å². The molecule has 0 aromatic carbocycles. The molecule has 0 unspecified atom stereocenters. The zero-order valence-corrected chi connectivity index (χ0v) is 17.7. The van der Waals surface area contributed by atoms with Crippen LogP contribution in [0.3, 0.4) is 0 Å². The van der Waals surface area contributed by atoms with Crippen molar-refractivity contribution in [2.45, 2.75) is 104 Å². The second kappa shape index (κ2) is 12.8. The van der Waals surface area contributed by atoms with E-state index in [1.165, 1.54) is 102 Å². The molecule has 0 radical (unpaired) electrons. The average Bonchev–Trinajstić information content (AvgIpc) is 2.45. The molecule has 0 aliphatic rings. The fraction of sp³-hybridized carbons (Fsp3) is 1.00. The maximum absolute atomic E-state index is 2.64. The van der Waals surface area contributed by atoms with Crippen LogP contribution in [-0.4, -0.2) is 32.3 Å². The zero-order valence-electron chi connectivity index (χ0n) is 16.8. The second-order valence-electron chi connectivity index (χ2n) is 9.15. The Kier molecular flexibility index (Phi) is 13.1. The molecule has 0 fully saturated rings. The number of rotatable bonds is 16. The molecule has 0 atom stereocenters. The average molecular weight is 331 g/mol. The molecule has 0 aliphatic heterocycles. The first-order chi connectivity index (χ1) is 10.4. The Morgan fingerprint density at radius 2 is 0.682 bits per heavy atom. The van der Waals surface area contributed by atoms with Gasteiger partial charge in [-0.25, -0.2) is 0 Å². The Bertz CT molecular complexity index is 236. The van der Waals surface area contributed by atoms with Gasteiger partial charge >= 0.3 is 143 Å². The van der Waals surface area contributed by atoms with E-state index in [9.17, 15) is 0 Å². The molecule has 0 aromatic rings. The summed E-state index contributed by atoms with van der Waals surface area (Å²) in [6, 6.07) is 0. The van der Waals surface area contributed by atoms with Crippen LogP contribution in [0, 0.1) is 0 Å². The third kappa shape index (κ3) is 15.3. The number of hydrogen-bond donors (Lipinski definition) is 0. The third-order valence-electron chi connectivity index (χ3n) is 5.18. The second-order valence-corrected chi connectivity index (χ2v) is 17.0. The van der Waals surface area contributed by atoms with E-state index < -0.39 is 6.60 Å². The molecule has 0 aliphatic carbocycles. The summed E-state index contributed by atoms with van der Waals surface area (Å²) in [5, 5.41) is 0. The Hall–Kier alpha value is 0.430. The van der Waals surface area contributed by atoms with Crippen molar-refractivity contribution in [1.82, 2.24) is 0 Å². The molecule has 0 aromatic heterocycles. The molecule has 0 heterocycles. The van der Waals surface area contributed by atoms with Crippen LogP contribution in [0.4, 0.5) is 0 Å². The summed E-state index contributed by atoms with van der Waals surface area (Å²) in [6.45, 7) is 11.2. The molecule has 0 rings (SSSR count). The molecular formula is C21H47P. The molecule has 0 N–H and O–H groups in total. The van der Waals surface area contributed by atoms with Gasteiger partial charge in [0.15, 0.2) is 0 Å². The van der Waals surface area contributed by atoms with Crippen molar-refractivity contribution < 1.29 is 0 Å². The molecule has 0 amide bonds. The fourth-order valence-corrected chi connectivity index (χ4v) is 6.44. The minimum atomic E-state index is -1.32. The monoisotopic (exact) mass is 330 g/mol. The van der Waals surface area contributed by atoms with Crippen molar-refractivity contribution in [2.75, 3.05) is 32.3 Å².